The second-order valence-corrected chi connectivity index (χ2v) is 7.09. The monoisotopic (exact) mass is 410 g/mol. The van der Waals surface area contributed by atoms with E-state index < -0.39 is 29.1 Å². The summed E-state index contributed by atoms with van der Waals surface area (Å²) < 4.78 is 26.5. The first-order valence-electron chi connectivity index (χ1n) is 9.45. The van der Waals surface area contributed by atoms with Crippen molar-refractivity contribution in [3.05, 3.63) is 23.7 Å². The van der Waals surface area contributed by atoms with Crippen LogP contribution in [0.3, 0.4) is 0 Å². The van der Waals surface area contributed by atoms with Crippen LogP contribution < -0.4 is 0 Å². The molecule has 2 aliphatic rings. The maximum atomic E-state index is 13.0. The molecule has 0 spiro atoms. The zero-order valence-electron chi connectivity index (χ0n) is 17.1. The van der Waals surface area contributed by atoms with Gasteiger partial charge in [0.05, 0.1) is 25.9 Å². The fourth-order valence-corrected chi connectivity index (χ4v) is 3.10. The van der Waals surface area contributed by atoms with Crippen LogP contribution >= 0.6 is 0 Å². The van der Waals surface area contributed by atoms with E-state index in [1.807, 2.05) is 0 Å². The predicted molar refractivity (Wildman–Crippen MR) is 97.9 cm³/mol. The van der Waals surface area contributed by atoms with Gasteiger partial charge in [-0.25, -0.2) is 4.79 Å². The SMILES string of the molecule is CCOC(=O)C(CC1=CC(=O)CCO1)(CC1=CC(=O)OC(C)(C)O1)C(=O)OCC. The van der Waals surface area contributed by atoms with Crippen LogP contribution in [0.4, 0.5) is 0 Å². The standard InChI is InChI=1S/C20H26O9/c1-5-25-17(23)20(18(24)26-6-2,11-14-9-13(21)7-8-27-14)12-15-10-16(22)29-19(3,4)28-15/h9-10H,5-8,11-12H2,1-4H3. The number of cyclic esters (lactones) is 1. The molecule has 0 fully saturated rings. The molecule has 0 unspecified atom stereocenters. The molecule has 160 valence electrons. The van der Waals surface area contributed by atoms with Crippen molar-refractivity contribution in [1.82, 2.24) is 0 Å². The van der Waals surface area contributed by atoms with Gasteiger partial charge in [-0.15, -0.1) is 0 Å². The van der Waals surface area contributed by atoms with Gasteiger partial charge in [-0.3, -0.25) is 14.4 Å². The van der Waals surface area contributed by atoms with Crippen molar-refractivity contribution < 1.29 is 42.9 Å². The molecule has 0 aliphatic carbocycles. The maximum absolute atomic E-state index is 13.0. The van der Waals surface area contributed by atoms with Gasteiger partial charge in [0.25, 0.3) is 0 Å². The van der Waals surface area contributed by atoms with E-state index >= 15 is 0 Å². The average Bonchev–Trinajstić information content (AvgIpc) is 2.59. The van der Waals surface area contributed by atoms with Crippen molar-refractivity contribution in [2.75, 3.05) is 19.8 Å². The molecule has 29 heavy (non-hydrogen) atoms. The zero-order valence-corrected chi connectivity index (χ0v) is 17.1. The summed E-state index contributed by atoms with van der Waals surface area (Å²) in [6.45, 7) is 6.44. The quantitative estimate of drug-likeness (QED) is 0.336. The number of ether oxygens (including phenoxy) is 5. The van der Waals surface area contributed by atoms with Gasteiger partial charge in [-0.05, 0) is 13.8 Å². The van der Waals surface area contributed by atoms with E-state index in [9.17, 15) is 19.2 Å². The molecule has 0 N–H and O–H groups in total. The lowest BCUT2D eigenvalue weighted by Crippen LogP contribution is -2.45. The molecule has 0 aromatic heterocycles. The highest BCUT2D eigenvalue weighted by molar-refractivity contribution is 6.01. The second-order valence-electron chi connectivity index (χ2n) is 7.09. The fourth-order valence-electron chi connectivity index (χ4n) is 3.10. The average molecular weight is 410 g/mol. The van der Waals surface area contributed by atoms with E-state index in [2.05, 4.69) is 0 Å². The zero-order chi connectivity index (χ0) is 21.7. The highest BCUT2D eigenvalue weighted by Gasteiger charge is 2.52. The van der Waals surface area contributed by atoms with Crippen LogP contribution in [0.25, 0.3) is 0 Å². The summed E-state index contributed by atoms with van der Waals surface area (Å²) >= 11 is 0. The number of allylic oxidation sites excluding steroid dienone is 3. The van der Waals surface area contributed by atoms with Gasteiger partial charge in [0.15, 0.2) is 11.2 Å². The van der Waals surface area contributed by atoms with Crippen molar-refractivity contribution >= 4 is 23.7 Å². The molecule has 0 bridgehead atoms. The molecule has 0 radical (unpaired) electrons. The van der Waals surface area contributed by atoms with Gasteiger partial charge < -0.3 is 23.7 Å². The molecule has 2 rings (SSSR count). The number of hydrogen-bond acceptors (Lipinski definition) is 9. The molecule has 0 saturated heterocycles. The Kier molecular flexibility index (Phi) is 7.05. The lowest BCUT2D eigenvalue weighted by molar-refractivity contribution is -0.209. The third-order valence-electron chi connectivity index (χ3n) is 4.24. The van der Waals surface area contributed by atoms with Crippen molar-refractivity contribution in [2.24, 2.45) is 5.41 Å². The maximum Gasteiger partial charge on any atom is 0.337 e. The smallest absolute Gasteiger partial charge is 0.337 e. The summed E-state index contributed by atoms with van der Waals surface area (Å²) in [5.41, 5.74) is -1.89. The van der Waals surface area contributed by atoms with Gasteiger partial charge >= 0.3 is 17.9 Å². The van der Waals surface area contributed by atoms with Crippen LogP contribution in [0.1, 0.15) is 47.0 Å². The molecule has 0 saturated carbocycles. The largest absolute Gasteiger partial charge is 0.497 e. The third-order valence-corrected chi connectivity index (χ3v) is 4.24. The Morgan fingerprint density at radius 3 is 2.10 bits per heavy atom. The highest BCUT2D eigenvalue weighted by atomic mass is 16.7. The van der Waals surface area contributed by atoms with Gasteiger partial charge in [0.2, 0.25) is 5.79 Å². The molecule has 9 heteroatoms. The number of ketones is 1. The van der Waals surface area contributed by atoms with Crippen LogP contribution in [0.5, 0.6) is 0 Å². The van der Waals surface area contributed by atoms with Crippen LogP contribution in [-0.4, -0.2) is 49.3 Å². The van der Waals surface area contributed by atoms with Crippen LogP contribution in [0.15, 0.2) is 23.7 Å². The summed E-state index contributed by atoms with van der Waals surface area (Å²) in [5, 5.41) is 0. The van der Waals surface area contributed by atoms with Crippen molar-refractivity contribution in [3.8, 4) is 0 Å². The number of carbonyl (C=O) groups excluding carboxylic acids is 4. The molecule has 0 aromatic rings. The van der Waals surface area contributed by atoms with E-state index in [0.717, 1.165) is 6.08 Å². The molecule has 9 nitrogen and oxygen atoms in total. The highest BCUT2D eigenvalue weighted by Crippen LogP contribution is 2.40. The van der Waals surface area contributed by atoms with E-state index in [-0.39, 0.29) is 56.4 Å². The number of esters is 3. The Labute approximate surface area is 168 Å². The van der Waals surface area contributed by atoms with Gasteiger partial charge in [-0.1, -0.05) is 0 Å². The molecule has 2 aliphatic heterocycles. The minimum atomic E-state index is -1.89. The summed E-state index contributed by atoms with van der Waals surface area (Å²) in [5.74, 6) is -3.60. The Morgan fingerprint density at radius 2 is 1.59 bits per heavy atom. The number of rotatable bonds is 8. The molecule has 0 amide bonds. The molecule has 0 atom stereocenters. The first-order chi connectivity index (χ1) is 13.6. The summed E-state index contributed by atoms with van der Waals surface area (Å²) in [7, 11) is 0. The minimum Gasteiger partial charge on any atom is -0.497 e. The third kappa shape index (κ3) is 5.58. The molecule has 0 aromatic carbocycles. The first-order valence-corrected chi connectivity index (χ1v) is 9.45. The fraction of sp³-hybridized carbons (Fsp3) is 0.600. The van der Waals surface area contributed by atoms with Crippen LogP contribution in [-0.2, 0) is 42.9 Å². The molecular weight excluding hydrogens is 384 g/mol. The Bertz CT molecular complexity index is 727. The number of hydrogen-bond donors (Lipinski definition) is 0. The Balaban J connectivity index is 2.48. The molecular formula is C20H26O9. The summed E-state index contributed by atoms with van der Waals surface area (Å²) in [6, 6.07) is 0. The van der Waals surface area contributed by atoms with Gasteiger partial charge in [-0.2, -0.15) is 0 Å². The van der Waals surface area contributed by atoms with Gasteiger partial charge in [0, 0.05) is 39.2 Å². The summed E-state index contributed by atoms with van der Waals surface area (Å²) in [4.78, 5) is 49.6. The van der Waals surface area contributed by atoms with E-state index in [1.165, 1.54) is 19.9 Å². The first kappa shape index (κ1) is 22.4. The summed E-state index contributed by atoms with van der Waals surface area (Å²) in [6.07, 6.45) is 1.94. The predicted octanol–water partition coefficient (Wildman–Crippen LogP) is 1.95. The number of carbonyl (C=O) groups is 4. The Morgan fingerprint density at radius 1 is 1.00 bits per heavy atom. The van der Waals surface area contributed by atoms with Crippen molar-refractivity contribution in [1.29, 1.82) is 0 Å². The lowest BCUT2D eigenvalue weighted by Gasteiger charge is -2.35. The van der Waals surface area contributed by atoms with Crippen molar-refractivity contribution in [2.45, 2.75) is 52.7 Å². The normalized spacial score (nSPS) is 18.5. The second kappa shape index (κ2) is 9.11. The molecule has 2 heterocycles. The minimum absolute atomic E-state index is 0.0201. The van der Waals surface area contributed by atoms with Gasteiger partial charge in [0.1, 0.15) is 11.5 Å². The van der Waals surface area contributed by atoms with E-state index in [1.54, 1.807) is 13.8 Å². The lowest BCUT2D eigenvalue weighted by atomic mass is 9.78. The van der Waals surface area contributed by atoms with Crippen molar-refractivity contribution in [3.63, 3.8) is 0 Å². The Hall–Kier alpha value is -2.84. The van der Waals surface area contributed by atoms with Crippen LogP contribution in [0, 0.1) is 5.41 Å². The van der Waals surface area contributed by atoms with E-state index in [0.29, 0.717) is 0 Å². The topological polar surface area (TPSA) is 114 Å². The van der Waals surface area contributed by atoms with Crippen LogP contribution in [0.2, 0.25) is 0 Å². The van der Waals surface area contributed by atoms with E-state index in [4.69, 9.17) is 23.7 Å².